The Hall–Kier alpha value is -0.640. The minimum Gasteiger partial charge on any atom is -0.388 e. The third kappa shape index (κ3) is 4.56. The number of aliphatic hydroxyl groups excluding tert-OH is 1. The molecule has 0 aromatic carbocycles. The second-order valence-electron chi connectivity index (χ2n) is 5.43. The van der Waals surface area contributed by atoms with Gasteiger partial charge in [-0.2, -0.15) is 0 Å². The van der Waals surface area contributed by atoms with Crippen LogP contribution in [-0.4, -0.2) is 41.3 Å². The van der Waals surface area contributed by atoms with E-state index in [1.165, 1.54) is 30.6 Å². The molecule has 0 aliphatic carbocycles. The molecule has 0 aromatic heterocycles. The summed E-state index contributed by atoms with van der Waals surface area (Å²) in [7, 11) is 0. The number of likely N-dealkylation sites (tertiary alicyclic amines) is 1. The molecule has 3 atom stereocenters. The number of nitrogens with zero attached hydrogens (tertiary/aromatic N) is 1. The van der Waals surface area contributed by atoms with E-state index in [1.54, 1.807) is 0 Å². The molecule has 18 heavy (non-hydrogen) atoms. The number of carbonyl (C=O) groups is 1. The van der Waals surface area contributed by atoms with Gasteiger partial charge in [-0.15, -0.1) is 0 Å². The fourth-order valence-corrected chi connectivity index (χ4v) is 2.42. The third-order valence-electron chi connectivity index (χ3n) is 3.69. The first-order valence-electron chi connectivity index (χ1n) is 7.17. The molecule has 1 unspecified atom stereocenters. The Balaban J connectivity index is 2.21. The summed E-state index contributed by atoms with van der Waals surface area (Å²) in [5.41, 5.74) is 0. The van der Waals surface area contributed by atoms with Crippen molar-refractivity contribution in [2.75, 3.05) is 13.1 Å². The highest BCUT2D eigenvalue weighted by Crippen LogP contribution is 2.19. The van der Waals surface area contributed by atoms with Crippen molar-refractivity contribution in [1.29, 1.82) is 0 Å². The van der Waals surface area contributed by atoms with Crippen molar-refractivity contribution in [3.8, 4) is 0 Å². The van der Waals surface area contributed by atoms with Gasteiger partial charge in [-0.3, -0.25) is 4.79 Å². The largest absolute Gasteiger partial charge is 0.388 e. The van der Waals surface area contributed by atoms with Crippen LogP contribution in [0.4, 0.5) is 4.39 Å². The summed E-state index contributed by atoms with van der Waals surface area (Å²) < 4.78 is 13.1. The quantitative estimate of drug-likeness (QED) is 0.714. The van der Waals surface area contributed by atoms with E-state index in [0.29, 0.717) is 0 Å². The topological polar surface area (TPSA) is 40.5 Å². The SMILES string of the molecule is CCCCCCCC(C)C(=O)N1C[C@@H](O)[C@H](F)C1. The van der Waals surface area contributed by atoms with Gasteiger partial charge in [0.2, 0.25) is 5.91 Å². The molecule has 1 rings (SSSR count). The van der Waals surface area contributed by atoms with E-state index in [2.05, 4.69) is 6.92 Å². The van der Waals surface area contributed by atoms with Crippen molar-refractivity contribution in [3.63, 3.8) is 0 Å². The number of aliphatic hydroxyl groups is 1. The molecule has 1 aliphatic heterocycles. The Labute approximate surface area is 109 Å². The van der Waals surface area contributed by atoms with Gasteiger partial charge < -0.3 is 10.0 Å². The van der Waals surface area contributed by atoms with Crippen molar-refractivity contribution < 1.29 is 14.3 Å². The summed E-state index contributed by atoms with van der Waals surface area (Å²) in [6.45, 7) is 4.29. The van der Waals surface area contributed by atoms with Crippen LogP contribution in [-0.2, 0) is 4.79 Å². The van der Waals surface area contributed by atoms with Crippen LogP contribution < -0.4 is 0 Å². The lowest BCUT2D eigenvalue weighted by Crippen LogP contribution is -2.34. The van der Waals surface area contributed by atoms with Crippen LogP contribution in [0.5, 0.6) is 0 Å². The number of carbonyl (C=O) groups excluding carboxylic acids is 1. The third-order valence-corrected chi connectivity index (χ3v) is 3.69. The second kappa shape index (κ2) is 7.72. The first-order valence-corrected chi connectivity index (χ1v) is 7.17. The molecule has 1 heterocycles. The molecule has 0 radical (unpaired) electrons. The number of halogens is 1. The lowest BCUT2D eigenvalue weighted by molar-refractivity contribution is -0.134. The summed E-state index contributed by atoms with van der Waals surface area (Å²) in [4.78, 5) is 13.5. The number of alkyl halides is 1. The number of amides is 1. The van der Waals surface area contributed by atoms with Gasteiger partial charge >= 0.3 is 0 Å². The van der Waals surface area contributed by atoms with Gasteiger partial charge in [0.25, 0.3) is 0 Å². The van der Waals surface area contributed by atoms with E-state index in [-0.39, 0.29) is 24.9 Å². The van der Waals surface area contributed by atoms with Gasteiger partial charge in [0.15, 0.2) is 0 Å². The standard InChI is InChI=1S/C14H26FNO2/c1-3-4-5-6-7-8-11(2)14(18)16-9-12(15)13(17)10-16/h11-13,17H,3-10H2,1-2H3/t11?,12-,13-/m1/s1. The normalized spacial score (nSPS) is 25.4. The Morgan fingerprint density at radius 1 is 1.33 bits per heavy atom. The van der Waals surface area contributed by atoms with Crippen LogP contribution >= 0.6 is 0 Å². The summed E-state index contributed by atoms with van der Waals surface area (Å²) >= 11 is 0. The fourth-order valence-electron chi connectivity index (χ4n) is 2.42. The van der Waals surface area contributed by atoms with E-state index < -0.39 is 12.3 Å². The van der Waals surface area contributed by atoms with E-state index in [4.69, 9.17) is 0 Å². The number of unbranched alkanes of at least 4 members (excludes halogenated alkanes) is 4. The maximum absolute atomic E-state index is 13.1. The van der Waals surface area contributed by atoms with Gasteiger partial charge in [0, 0.05) is 12.5 Å². The second-order valence-corrected chi connectivity index (χ2v) is 5.43. The Morgan fingerprint density at radius 3 is 2.56 bits per heavy atom. The monoisotopic (exact) mass is 259 g/mol. The van der Waals surface area contributed by atoms with E-state index >= 15 is 0 Å². The lowest BCUT2D eigenvalue weighted by atomic mass is 10.0. The molecule has 1 fully saturated rings. The highest BCUT2D eigenvalue weighted by atomic mass is 19.1. The van der Waals surface area contributed by atoms with Gasteiger partial charge in [-0.25, -0.2) is 4.39 Å². The van der Waals surface area contributed by atoms with Crippen LogP contribution in [0.1, 0.15) is 52.4 Å². The van der Waals surface area contributed by atoms with E-state index in [0.717, 1.165) is 12.8 Å². The van der Waals surface area contributed by atoms with Crippen molar-refractivity contribution in [2.45, 2.75) is 64.6 Å². The zero-order valence-corrected chi connectivity index (χ0v) is 11.6. The zero-order chi connectivity index (χ0) is 13.5. The molecule has 0 aromatic rings. The van der Waals surface area contributed by atoms with E-state index in [1.807, 2.05) is 6.92 Å². The summed E-state index contributed by atoms with van der Waals surface area (Å²) in [6.07, 6.45) is 4.53. The van der Waals surface area contributed by atoms with E-state index in [9.17, 15) is 14.3 Å². The molecular formula is C14H26FNO2. The van der Waals surface area contributed by atoms with Crippen LogP contribution in [0.15, 0.2) is 0 Å². The first-order chi connectivity index (χ1) is 8.56. The van der Waals surface area contributed by atoms with Gasteiger partial charge in [-0.05, 0) is 6.42 Å². The predicted octanol–water partition coefficient (Wildman–Crippen LogP) is 2.52. The maximum atomic E-state index is 13.1. The molecule has 0 bridgehead atoms. The maximum Gasteiger partial charge on any atom is 0.225 e. The molecule has 106 valence electrons. The molecular weight excluding hydrogens is 233 g/mol. The molecule has 0 saturated carbocycles. The summed E-state index contributed by atoms with van der Waals surface area (Å²) in [5.74, 6) is -0.0613. The number of hydrogen-bond donors (Lipinski definition) is 1. The Kier molecular flexibility index (Phi) is 6.61. The van der Waals surface area contributed by atoms with Crippen LogP contribution in [0.3, 0.4) is 0 Å². The molecule has 1 aliphatic rings. The van der Waals surface area contributed by atoms with Gasteiger partial charge in [0.1, 0.15) is 12.3 Å². The predicted molar refractivity (Wildman–Crippen MR) is 70.0 cm³/mol. The highest BCUT2D eigenvalue weighted by Gasteiger charge is 2.35. The van der Waals surface area contributed by atoms with Crippen LogP contribution in [0, 0.1) is 5.92 Å². The molecule has 1 saturated heterocycles. The Morgan fingerprint density at radius 2 is 2.00 bits per heavy atom. The van der Waals surface area contributed by atoms with Crippen LogP contribution in [0.2, 0.25) is 0 Å². The minimum atomic E-state index is -1.27. The lowest BCUT2D eigenvalue weighted by Gasteiger charge is -2.20. The van der Waals surface area contributed by atoms with Gasteiger partial charge in [-0.1, -0.05) is 46.0 Å². The average molecular weight is 259 g/mol. The molecule has 0 spiro atoms. The summed E-state index contributed by atoms with van der Waals surface area (Å²) in [6, 6.07) is 0. The van der Waals surface area contributed by atoms with Crippen molar-refractivity contribution >= 4 is 5.91 Å². The van der Waals surface area contributed by atoms with Gasteiger partial charge in [0.05, 0.1) is 6.54 Å². The smallest absolute Gasteiger partial charge is 0.225 e. The van der Waals surface area contributed by atoms with Crippen molar-refractivity contribution in [3.05, 3.63) is 0 Å². The average Bonchev–Trinajstić information content (AvgIpc) is 2.68. The number of rotatable bonds is 7. The van der Waals surface area contributed by atoms with Crippen molar-refractivity contribution in [1.82, 2.24) is 4.90 Å². The number of β-amino-alcohol motifs (C(OH)–C–C–N with tert-alkyl or cyclic N) is 1. The fraction of sp³-hybridized carbons (Fsp3) is 0.929. The molecule has 1 amide bonds. The molecule has 3 nitrogen and oxygen atoms in total. The van der Waals surface area contributed by atoms with Crippen molar-refractivity contribution in [2.24, 2.45) is 5.92 Å². The summed E-state index contributed by atoms with van der Waals surface area (Å²) in [5, 5.41) is 9.30. The molecule has 4 heteroatoms. The zero-order valence-electron chi connectivity index (χ0n) is 11.6. The number of hydrogen-bond acceptors (Lipinski definition) is 2. The minimum absolute atomic E-state index is 0.00954. The van der Waals surface area contributed by atoms with Crippen LogP contribution in [0.25, 0.3) is 0 Å². The molecule has 1 N–H and O–H groups in total. The Bertz CT molecular complexity index is 250. The first kappa shape index (κ1) is 15.4. The highest BCUT2D eigenvalue weighted by molar-refractivity contribution is 5.78.